The first-order chi connectivity index (χ1) is 24.3. The molecule has 0 saturated heterocycles. The van der Waals surface area contributed by atoms with Crippen LogP contribution in [0.5, 0.6) is 0 Å². The van der Waals surface area contributed by atoms with Crippen molar-refractivity contribution >= 4 is 29.6 Å². The van der Waals surface area contributed by atoms with Gasteiger partial charge in [-0.25, -0.2) is 0 Å². The van der Waals surface area contributed by atoms with Crippen LogP contribution in [-0.4, -0.2) is 114 Å². The number of aliphatic carboxylic acids is 1. The summed E-state index contributed by atoms with van der Waals surface area (Å²) in [6.07, 6.45) is 18.5. The van der Waals surface area contributed by atoms with Crippen molar-refractivity contribution in [2.45, 2.75) is 122 Å². The average Bonchev–Trinajstić information content (AvgIpc) is 3.09. The molecule has 0 spiro atoms. The zero-order valence-electron chi connectivity index (χ0n) is 30.8. The second-order valence-electron chi connectivity index (χ2n) is 12.4. The highest BCUT2D eigenvalue weighted by Crippen LogP contribution is 2.13. The standard InChI is InChI=1S/C36H68N4O10/c1-2-3-20-37-34(43)30-49-27-26-48-24-22-39-35(44)31-50-28-25-47-23-21-38-33(42)29-40-32(41)18-16-14-12-10-8-6-4-5-7-9-11-13-15-17-19-36(45)46/h2-31H2,1H3,(H,37,43)(H,38,42)(H,39,44)(H,40,41)(H,45,46). The zero-order chi connectivity index (χ0) is 36.8. The number of hydrogen-bond donors (Lipinski definition) is 5. The van der Waals surface area contributed by atoms with E-state index in [1.54, 1.807) is 0 Å². The number of rotatable bonds is 38. The summed E-state index contributed by atoms with van der Waals surface area (Å²) in [7, 11) is 0. The summed E-state index contributed by atoms with van der Waals surface area (Å²) in [5.41, 5.74) is 0. The summed E-state index contributed by atoms with van der Waals surface area (Å²) in [5.74, 6) is -1.49. The van der Waals surface area contributed by atoms with Crippen molar-refractivity contribution in [3.63, 3.8) is 0 Å². The van der Waals surface area contributed by atoms with Gasteiger partial charge < -0.3 is 45.3 Å². The molecule has 0 aliphatic heterocycles. The number of carbonyl (C=O) groups excluding carboxylic acids is 4. The van der Waals surface area contributed by atoms with Gasteiger partial charge in [0.1, 0.15) is 13.2 Å². The number of ether oxygens (including phenoxy) is 4. The van der Waals surface area contributed by atoms with Gasteiger partial charge in [-0.05, 0) is 19.3 Å². The van der Waals surface area contributed by atoms with Crippen LogP contribution in [-0.2, 0) is 42.9 Å². The van der Waals surface area contributed by atoms with Gasteiger partial charge in [0, 0.05) is 32.5 Å². The number of carboxylic acid groups (broad SMARTS) is 1. The van der Waals surface area contributed by atoms with Crippen molar-refractivity contribution in [2.24, 2.45) is 0 Å². The van der Waals surface area contributed by atoms with Crippen LogP contribution in [0.1, 0.15) is 122 Å². The summed E-state index contributed by atoms with van der Waals surface area (Å²) in [4.78, 5) is 57.7. The molecule has 5 N–H and O–H groups in total. The highest BCUT2D eigenvalue weighted by atomic mass is 16.5. The van der Waals surface area contributed by atoms with Crippen LogP contribution >= 0.6 is 0 Å². The van der Waals surface area contributed by atoms with Crippen molar-refractivity contribution < 1.29 is 48.0 Å². The lowest BCUT2D eigenvalue weighted by Crippen LogP contribution is -2.38. The molecule has 50 heavy (non-hydrogen) atoms. The Morgan fingerprint density at radius 3 is 1.28 bits per heavy atom. The predicted octanol–water partition coefficient (Wildman–Crippen LogP) is 3.64. The molecule has 0 aliphatic carbocycles. The summed E-state index contributed by atoms with van der Waals surface area (Å²) in [6, 6.07) is 0. The third kappa shape index (κ3) is 38.0. The minimum absolute atomic E-state index is 0.00635. The van der Waals surface area contributed by atoms with E-state index in [2.05, 4.69) is 28.2 Å². The Morgan fingerprint density at radius 2 is 0.820 bits per heavy atom. The summed E-state index contributed by atoms with van der Waals surface area (Å²) in [5, 5.41) is 19.4. The third-order valence-corrected chi connectivity index (χ3v) is 7.69. The lowest BCUT2D eigenvalue weighted by atomic mass is 10.0. The minimum atomic E-state index is -0.698. The van der Waals surface area contributed by atoms with Crippen LogP contribution in [0.15, 0.2) is 0 Å². The van der Waals surface area contributed by atoms with E-state index in [0.717, 1.165) is 51.4 Å². The van der Waals surface area contributed by atoms with Crippen molar-refractivity contribution in [1.29, 1.82) is 0 Å². The molecule has 0 unspecified atom stereocenters. The van der Waals surface area contributed by atoms with Crippen molar-refractivity contribution in [3.8, 4) is 0 Å². The van der Waals surface area contributed by atoms with E-state index in [0.29, 0.717) is 45.9 Å². The first kappa shape index (κ1) is 47.2. The van der Waals surface area contributed by atoms with Gasteiger partial charge in [0.25, 0.3) is 0 Å². The normalized spacial score (nSPS) is 10.9. The number of amides is 4. The summed E-state index contributed by atoms with van der Waals surface area (Å²) in [6.45, 7) is 4.95. The van der Waals surface area contributed by atoms with Crippen LogP contribution in [0.3, 0.4) is 0 Å². The Bertz CT molecular complexity index is 863. The number of carbonyl (C=O) groups is 5. The second kappa shape index (κ2) is 37.4. The van der Waals surface area contributed by atoms with E-state index >= 15 is 0 Å². The summed E-state index contributed by atoms with van der Waals surface area (Å²) >= 11 is 0. The van der Waals surface area contributed by atoms with Crippen LogP contribution in [0.2, 0.25) is 0 Å². The maximum Gasteiger partial charge on any atom is 0.303 e. The number of hydrogen-bond acceptors (Lipinski definition) is 9. The lowest BCUT2D eigenvalue weighted by Gasteiger charge is -2.09. The Balaban J connectivity index is 3.38. The van der Waals surface area contributed by atoms with Gasteiger partial charge >= 0.3 is 5.97 Å². The topological polar surface area (TPSA) is 191 Å². The zero-order valence-corrected chi connectivity index (χ0v) is 30.8. The van der Waals surface area contributed by atoms with Gasteiger partial charge in [-0.2, -0.15) is 0 Å². The van der Waals surface area contributed by atoms with Crippen LogP contribution in [0.25, 0.3) is 0 Å². The molecule has 0 aliphatic rings. The molecular formula is C36H68N4O10. The monoisotopic (exact) mass is 716 g/mol. The maximum atomic E-state index is 12.0. The van der Waals surface area contributed by atoms with Crippen LogP contribution < -0.4 is 21.3 Å². The molecule has 0 aromatic rings. The molecule has 292 valence electrons. The molecule has 0 atom stereocenters. The maximum absolute atomic E-state index is 12.0. The average molecular weight is 717 g/mol. The highest BCUT2D eigenvalue weighted by Gasteiger charge is 2.06. The molecule has 4 amide bonds. The molecule has 0 heterocycles. The van der Waals surface area contributed by atoms with E-state index < -0.39 is 5.97 Å². The van der Waals surface area contributed by atoms with Gasteiger partial charge in [0.15, 0.2) is 0 Å². The molecule has 0 aromatic carbocycles. The Morgan fingerprint density at radius 1 is 0.420 bits per heavy atom. The molecule has 0 saturated carbocycles. The van der Waals surface area contributed by atoms with E-state index in [1.807, 2.05) is 0 Å². The first-order valence-electron chi connectivity index (χ1n) is 18.9. The Hall–Kier alpha value is -2.81. The third-order valence-electron chi connectivity index (χ3n) is 7.69. The van der Waals surface area contributed by atoms with Gasteiger partial charge in [-0.15, -0.1) is 0 Å². The molecular weight excluding hydrogens is 648 g/mol. The fourth-order valence-electron chi connectivity index (χ4n) is 4.81. The van der Waals surface area contributed by atoms with Crippen molar-refractivity contribution in [2.75, 3.05) is 79.0 Å². The van der Waals surface area contributed by atoms with E-state index in [1.165, 1.54) is 51.4 Å². The van der Waals surface area contributed by atoms with Crippen molar-refractivity contribution in [1.82, 2.24) is 21.3 Å². The molecule has 14 nitrogen and oxygen atoms in total. The van der Waals surface area contributed by atoms with Gasteiger partial charge in [-0.1, -0.05) is 90.4 Å². The molecule has 0 bridgehead atoms. The summed E-state index contributed by atoms with van der Waals surface area (Å²) < 4.78 is 21.2. The number of carboxylic acids is 1. The van der Waals surface area contributed by atoms with Gasteiger partial charge in [0.05, 0.1) is 46.2 Å². The Kier molecular flexibility index (Phi) is 35.3. The predicted molar refractivity (Wildman–Crippen MR) is 192 cm³/mol. The molecule has 0 rings (SSSR count). The fourth-order valence-corrected chi connectivity index (χ4v) is 4.81. The van der Waals surface area contributed by atoms with Crippen LogP contribution in [0.4, 0.5) is 0 Å². The quantitative estimate of drug-likeness (QED) is 0.0590. The van der Waals surface area contributed by atoms with Crippen molar-refractivity contribution in [3.05, 3.63) is 0 Å². The molecule has 0 fully saturated rings. The lowest BCUT2D eigenvalue weighted by molar-refractivity contribution is -0.137. The first-order valence-corrected chi connectivity index (χ1v) is 18.9. The minimum Gasteiger partial charge on any atom is -0.481 e. The van der Waals surface area contributed by atoms with E-state index in [-0.39, 0.29) is 69.6 Å². The van der Waals surface area contributed by atoms with Crippen LogP contribution in [0, 0.1) is 0 Å². The number of nitrogens with one attached hydrogen (secondary N) is 4. The van der Waals surface area contributed by atoms with E-state index in [9.17, 15) is 24.0 Å². The van der Waals surface area contributed by atoms with Gasteiger partial charge in [0.2, 0.25) is 23.6 Å². The molecule has 14 heteroatoms. The molecule has 0 radical (unpaired) electrons. The fraction of sp³-hybridized carbons (Fsp3) is 0.861. The smallest absolute Gasteiger partial charge is 0.303 e. The molecule has 0 aromatic heterocycles. The van der Waals surface area contributed by atoms with E-state index in [4.69, 9.17) is 24.1 Å². The second-order valence-corrected chi connectivity index (χ2v) is 12.4. The Labute approximate surface area is 300 Å². The largest absolute Gasteiger partial charge is 0.481 e. The van der Waals surface area contributed by atoms with Gasteiger partial charge in [-0.3, -0.25) is 24.0 Å². The SMILES string of the molecule is CCCCNC(=O)COCCOCCNC(=O)COCCOCCNC(=O)CNC(=O)CCCCCCCCCCCCCCCCC(=O)O. The highest BCUT2D eigenvalue weighted by molar-refractivity contribution is 5.84. The number of unbranched alkanes of at least 4 members (excludes halogenated alkanes) is 14.